The quantitative estimate of drug-likeness (QED) is 0.196. The van der Waals surface area contributed by atoms with Crippen LogP contribution in [0.25, 0.3) is 10.9 Å². The van der Waals surface area contributed by atoms with E-state index in [-0.39, 0.29) is 36.8 Å². The van der Waals surface area contributed by atoms with Gasteiger partial charge >= 0.3 is 12.1 Å². The van der Waals surface area contributed by atoms with Crippen molar-refractivity contribution in [1.82, 2.24) is 15.2 Å². The Morgan fingerprint density at radius 1 is 0.980 bits per heavy atom. The molecule has 3 fully saturated rings. The van der Waals surface area contributed by atoms with Crippen molar-refractivity contribution >= 4 is 52.1 Å². The zero-order chi connectivity index (χ0) is 34.9. The van der Waals surface area contributed by atoms with Crippen molar-refractivity contribution in [2.75, 3.05) is 18.5 Å². The number of anilines is 1. The summed E-state index contributed by atoms with van der Waals surface area (Å²) in [6.45, 7) is 8.14. The molecule has 11 heteroatoms. The number of hydrogen-bond acceptors (Lipinski definition) is 6. The Kier molecular flexibility index (Phi) is 10.2. The van der Waals surface area contributed by atoms with Gasteiger partial charge in [0.2, 0.25) is 5.91 Å². The highest BCUT2D eigenvalue weighted by atomic mass is 35.5. The molecule has 3 amide bonds. The molecule has 2 aliphatic carbocycles. The minimum Gasteiger partial charge on any atom is -0.461 e. The fourth-order valence-corrected chi connectivity index (χ4v) is 7.84. The van der Waals surface area contributed by atoms with Crippen LogP contribution in [0.3, 0.4) is 0 Å². The average Bonchev–Trinajstić information content (AvgIpc) is 3.66. The molecule has 3 N–H and O–H groups in total. The van der Waals surface area contributed by atoms with Crippen molar-refractivity contribution in [3.63, 3.8) is 0 Å². The molecule has 2 heterocycles. The Morgan fingerprint density at radius 2 is 1.73 bits per heavy atom. The number of H-pyrrole nitrogens is 1. The summed E-state index contributed by atoms with van der Waals surface area (Å²) in [5.41, 5.74) is 3.27. The van der Waals surface area contributed by atoms with Crippen LogP contribution in [-0.2, 0) is 20.8 Å². The molecular weight excluding hydrogens is 644 g/mol. The highest BCUT2D eigenvalue weighted by molar-refractivity contribution is 6.32. The highest BCUT2D eigenvalue weighted by Gasteiger charge is 2.45. The van der Waals surface area contributed by atoms with Gasteiger partial charge in [-0.25, -0.2) is 9.59 Å². The fourth-order valence-electron chi connectivity index (χ4n) is 7.55. The van der Waals surface area contributed by atoms with E-state index in [0.717, 1.165) is 67.0 Å². The monoisotopic (exact) mass is 690 g/mol. The van der Waals surface area contributed by atoms with Gasteiger partial charge in [0.05, 0.1) is 6.61 Å². The number of nitrogens with one attached hydrogen (secondary N) is 3. The number of rotatable bonds is 9. The van der Waals surface area contributed by atoms with Gasteiger partial charge < -0.3 is 30.0 Å². The van der Waals surface area contributed by atoms with Gasteiger partial charge in [-0.1, -0.05) is 43.7 Å². The largest absolute Gasteiger partial charge is 0.461 e. The molecule has 1 aliphatic heterocycles. The summed E-state index contributed by atoms with van der Waals surface area (Å²) in [6.07, 6.45) is 7.78. The van der Waals surface area contributed by atoms with Crippen LogP contribution in [0.4, 0.5) is 10.5 Å². The molecule has 0 bridgehead atoms. The molecule has 262 valence electrons. The van der Waals surface area contributed by atoms with Crippen molar-refractivity contribution in [2.45, 2.75) is 103 Å². The Balaban J connectivity index is 1.25. The van der Waals surface area contributed by atoms with Gasteiger partial charge in [-0.2, -0.15) is 0 Å². The van der Waals surface area contributed by atoms with E-state index in [1.54, 1.807) is 30.0 Å². The van der Waals surface area contributed by atoms with Crippen LogP contribution in [0.15, 0.2) is 36.4 Å². The van der Waals surface area contributed by atoms with E-state index in [4.69, 9.17) is 21.1 Å². The highest BCUT2D eigenvalue weighted by Crippen LogP contribution is 2.45. The Labute approximate surface area is 292 Å². The molecule has 0 spiro atoms. The minimum absolute atomic E-state index is 0.0475. The summed E-state index contributed by atoms with van der Waals surface area (Å²) in [5.74, 6) is -0.180. The zero-order valence-electron chi connectivity index (χ0n) is 28.8. The van der Waals surface area contributed by atoms with E-state index in [2.05, 4.69) is 15.6 Å². The molecule has 0 unspecified atom stereocenters. The molecule has 10 nitrogen and oxygen atoms in total. The number of fused-ring (bicyclic) bond motifs is 1. The summed E-state index contributed by atoms with van der Waals surface area (Å²) in [4.78, 5) is 58.1. The third kappa shape index (κ3) is 8.06. The maximum atomic E-state index is 14.4. The van der Waals surface area contributed by atoms with Gasteiger partial charge in [-0.15, -0.1) is 0 Å². The number of carbonyl (C=O) groups is 4. The summed E-state index contributed by atoms with van der Waals surface area (Å²) >= 11 is 6.84. The fraction of sp³-hybridized carbons (Fsp3) is 0.526. The first-order chi connectivity index (χ1) is 23.4. The van der Waals surface area contributed by atoms with Gasteiger partial charge in [0, 0.05) is 40.3 Å². The lowest BCUT2D eigenvalue weighted by atomic mass is 9.76. The first-order valence-electron chi connectivity index (χ1n) is 17.6. The number of nitrogens with zero attached hydrogens (tertiary/aromatic N) is 1. The Bertz CT molecular complexity index is 1740. The molecule has 6 rings (SSSR count). The number of halogens is 1. The maximum Gasteiger partial charge on any atom is 0.407 e. The lowest BCUT2D eigenvalue weighted by Crippen LogP contribution is -2.47. The molecule has 3 aliphatic rings. The van der Waals surface area contributed by atoms with Gasteiger partial charge in [-0.05, 0) is 112 Å². The predicted octanol–water partition coefficient (Wildman–Crippen LogP) is 7.95. The van der Waals surface area contributed by atoms with Gasteiger partial charge in [0.1, 0.15) is 17.3 Å². The number of amides is 3. The molecule has 49 heavy (non-hydrogen) atoms. The smallest absolute Gasteiger partial charge is 0.407 e. The molecule has 3 aromatic rings. The average molecular weight is 691 g/mol. The number of ether oxygens (including phenoxy) is 2. The lowest BCUT2D eigenvalue weighted by Gasteiger charge is -2.33. The van der Waals surface area contributed by atoms with Gasteiger partial charge in [0.15, 0.2) is 0 Å². The number of carbonyl (C=O) groups excluding carboxylic acids is 4. The minimum atomic E-state index is -0.635. The van der Waals surface area contributed by atoms with E-state index in [9.17, 15) is 19.2 Å². The molecule has 1 saturated heterocycles. The van der Waals surface area contributed by atoms with Crippen LogP contribution in [0.5, 0.6) is 0 Å². The van der Waals surface area contributed by atoms with Crippen molar-refractivity contribution in [3.8, 4) is 0 Å². The summed E-state index contributed by atoms with van der Waals surface area (Å²) in [7, 11) is 0. The number of likely N-dealkylation sites (tertiary alicyclic amines) is 1. The molecule has 2 saturated carbocycles. The standard InChI is InChI=1S/C38H47ClN4O6/c1-5-48-36(46)32-20-24-17-26(13-14-31(24)42-32)41-34(44)33-27(22-9-7-6-8-10-22)15-16-43(33)35(45)25-18-28(23-11-12-23)29(30(39)19-25)21-40-37(47)49-38(2,3)4/h13-14,17-20,22-23,27,33,42H,5-12,15-16,21H2,1-4H3,(H,40,47)(H,41,44)/t27-,33-/m0/s1. The van der Waals surface area contributed by atoms with E-state index in [1.807, 2.05) is 39.0 Å². The molecule has 0 radical (unpaired) electrons. The third-order valence-electron chi connectivity index (χ3n) is 9.92. The second kappa shape index (κ2) is 14.4. The van der Waals surface area contributed by atoms with E-state index >= 15 is 0 Å². The van der Waals surface area contributed by atoms with Crippen LogP contribution in [0.2, 0.25) is 5.02 Å². The second-order valence-corrected chi connectivity index (χ2v) is 15.1. The summed E-state index contributed by atoms with van der Waals surface area (Å²) in [6, 6.07) is 10.1. The van der Waals surface area contributed by atoms with Crippen LogP contribution >= 0.6 is 11.6 Å². The first-order valence-corrected chi connectivity index (χ1v) is 18.0. The van der Waals surface area contributed by atoms with Gasteiger partial charge in [-0.3, -0.25) is 9.59 Å². The van der Waals surface area contributed by atoms with Gasteiger partial charge in [0.25, 0.3) is 5.91 Å². The van der Waals surface area contributed by atoms with Crippen molar-refractivity contribution < 1.29 is 28.7 Å². The zero-order valence-corrected chi connectivity index (χ0v) is 29.6. The third-order valence-corrected chi connectivity index (χ3v) is 10.3. The molecule has 1 aromatic heterocycles. The Hall–Kier alpha value is -4.05. The number of hydrogen-bond donors (Lipinski definition) is 3. The van der Waals surface area contributed by atoms with Crippen LogP contribution in [0, 0.1) is 11.8 Å². The predicted molar refractivity (Wildman–Crippen MR) is 189 cm³/mol. The normalized spacial score (nSPS) is 19.9. The first kappa shape index (κ1) is 34.8. The second-order valence-electron chi connectivity index (χ2n) is 14.6. The van der Waals surface area contributed by atoms with Crippen molar-refractivity contribution in [3.05, 3.63) is 63.8 Å². The van der Waals surface area contributed by atoms with Crippen LogP contribution < -0.4 is 10.6 Å². The van der Waals surface area contributed by atoms with Crippen LogP contribution in [-0.4, -0.2) is 58.6 Å². The number of alkyl carbamates (subject to hydrolysis) is 1. The van der Waals surface area contributed by atoms with Crippen molar-refractivity contribution in [2.24, 2.45) is 11.8 Å². The number of aromatic nitrogens is 1. The molecular formula is C38H47ClN4O6. The summed E-state index contributed by atoms with van der Waals surface area (Å²) < 4.78 is 10.5. The number of aromatic amines is 1. The van der Waals surface area contributed by atoms with Crippen LogP contribution in [0.1, 0.15) is 117 Å². The summed E-state index contributed by atoms with van der Waals surface area (Å²) in [5, 5.41) is 7.11. The number of esters is 1. The molecule has 2 atom stereocenters. The maximum absolute atomic E-state index is 14.4. The topological polar surface area (TPSA) is 130 Å². The van der Waals surface area contributed by atoms with Crippen molar-refractivity contribution in [1.29, 1.82) is 0 Å². The SMILES string of the molecule is CCOC(=O)c1cc2cc(NC(=O)[C@@H]3[C@H](C4CCCCC4)CCN3C(=O)c3cc(Cl)c(CNC(=O)OC(C)(C)C)c(C4CC4)c3)ccc2[nH]1. The number of benzene rings is 2. The van der Waals surface area contributed by atoms with E-state index in [0.29, 0.717) is 34.4 Å². The Morgan fingerprint density at radius 3 is 2.43 bits per heavy atom. The molecule has 2 aromatic carbocycles. The van der Waals surface area contributed by atoms with E-state index in [1.165, 1.54) is 6.42 Å². The van der Waals surface area contributed by atoms with E-state index < -0.39 is 23.7 Å². The lowest BCUT2D eigenvalue weighted by molar-refractivity contribution is -0.121.